The number of hydrogen-bond donors (Lipinski definition) is 1. The smallest absolute Gasteiger partial charge is 0.341 e. The van der Waals surface area contributed by atoms with E-state index in [1.807, 2.05) is 0 Å². The first kappa shape index (κ1) is 14.3. The number of ether oxygens (including phenoxy) is 2. The summed E-state index contributed by atoms with van der Waals surface area (Å²) in [6.07, 6.45) is 3.54. The van der Waals surface area contributed by atoms with Crippen LogP contribution in [-0.2, 0) is 11.3 Å². The molecule has 0 radical (unpaired) electrons. The zero-order valence-corrected chi connectivity index (χ0v) is 12.5. The molecule has 1 saturated heterocycles. The van der Waals surface area contributed by atoms with E-state index in [0.717, 1.165) is 19.3 Å². The van der Waals surface area contributed by atoms with Crippen LogP contribution in [0.2, 0.25) is 0 Å². The number of nitrogens with zero attached hydrogens (tertiary/aromatic N) is 2. The summed E-state index contributed by atoms with van der Waals surface area (Å²) >= 11 is 0. The minimum atomic E-state index is -1.34. The Kier molecular flexibility index (Phi) is 2.99. The molecule has 2 aliphatic heterocycles. The maximum absolute atomic E-state index is 12.9. The van der Waals surface area contributed by atoms with E-state index in [0.29, 0.717) is 6.54 Å². The van der Waals surface area contributed by atoms with Gasteiger partial charge in [0, 0.05) is 12.2 Å². The van der Waals surface area contributed by atoms with Crippen molar-refractivity contribution < 1.29 is 24.2 Å². The molecule has 1 aromatic rings. The van der Waals surface area contributed by atoms with Crippen molar-refractivity contribution in [3.63, 3.8) is 0 Å². The second-order valence-corrected chi connectivity index (χ2v) is 6.10. The zero-order valence-electron chi connectivity index (χ0n) is 12.5. The maximum Gasteiger partial charge on any atom is 0.341 e. The molecular weight excluding hydrogens is 304 g/mol. The van der Waals surface area contributed by atoms with E-state index in [4.69, 9.17) is 9.47 Å². The summed E-state index contributed by atoms with van der Waals surface area (Å²) in [4.78, 5) is 38.1. The highest BCUT2D eigenvalue weighted by Crippen LogP contribution is 2.38. The fourth-order valence-corrected chi connectivity index (χ4v) is 3.88. The first-order valence-electron chi connectivity index (χ1n) is 7.54. The third kappa shape index (κ3) is 1.91. The minimum Gasteiger partial charge on any atom is -0.491 e. The van der Waals surface area contributed by atoms with E-state index in [1.165, 1.54) is 17.9 Å². The quantitative estimate of drug-likeness (QED) is 0.841. The van der Waals surface area contributed by atoms with Gasteiger partial charge in [-0.15, -0.1) is 0 Å². The van der Waals surface area contributed by atoms with Gasteiger partial charge in [0.05, 0.1) is 19.8 Å². The van der Waals surface area contributed by atoms with E-state index in [2.05, 4.69) is 0 Å². The first-order valence-corrected chi connectivity index (χ1v) is 7.54. The van der Waals surface area contributed by atoms with Gasteiger partial charge in [-0.05, 0) is 19.3 Å². The molecule has 122 valence electrons. The van der Waals surface area contributed by atoms with E-state index in [-0.39, 0.29) is 29.5 Å². The number of aromatic nitrogens is 1. The summed E-state index contributed by atoms with van der Waals surface area (Å²) < 4.78 is 12.5. The number of carbonyl (C=O) groups excluding carboxylic acids is 1. The Morgan fingerprint density at radius 1 is 1.39 bits per heavy atom. The third-order valence-corrected chi connectivity index (χ3v) is 4.87. The monoisotopic (exact) mass is 320 g/mol. The highest BCUT2D eigenvalue weighted by Gasteiger charge is 2.47. The van der Waals surface area contributed by atoms with Crippen molar-refractivity contribution in [2.24, 2.45) is 0 Å². The molecular formula is C15H16N2O6. The summed E-state index contributed by atoms with van der Waals surface area (Å²) in [6, 6.07) is 0.110. The predicted octanol–water partition coefficient (Wildman–Crippen LogP) is 0.288. The van der Waals surface area contributed by atoms with Crippen LogP contribution in [0.1, 0.15) is 40.1 Å². The number of rotatable bonds is 2. The number of carboxylic acids is 1. The van der Waals surface area contributed by atoms with Gasteiger partial charge in [-0.1, -0.05) is 0 Å². The van der Waals surface area contributed by atoms with Crippen LogP contribution in [0.5, 0.6) is 5.75 Å². The van der Waals surface area contributed by atoms with Crippen molar-refractivity contribution in [1.29, 1.82) is 0 Å². The standard InChI is InChI=1S/C15H16N2O6/c1-22-13-11-14(19)17-7-2-3-8(4-7)23-10(17)6-16(11)5-9(12(13)18)15(20)21/h5,7-8,10H,2-4,6H2,1H3,(H,20,21)/t7-,8+,10+/m0/s1. The summed E-state index contributed by atoms with van der Waals surface area (Å²) in [7, 11) is 1.26. The molecule has 1 aromatic heterocycles. The normalized spacial score (nSPS) is 28.3. The Morgan fingerprint density at radius 3 is 2.87 bits per heavy atom. The van der Waals surface area contributed by atoms with Gasteiger partial charge in [-0.3, -0.25) is 9.59 Å². The molecule has 2 bridgehead atoms. The van der Waals surface area contributed by atoms with Gasteiger partial charge >= 0.3 is 5.97 Å². The largest absolute Gasteiger partial charge is 0.491 e. The molecule has 1 amide bonds. The van der Waals surface area contributed by atoms with Crippen LogP contribution in [0.3, 0.4) is 0 Å². The summed E-state index contributed by atoms with van der Waals surface area (Å²) in [5.74, 6) is -1.89. The second kappa shape index (κ2) is 4.82. The van der Waals surface area contributed by atoms with Crippen LogP contribution in [0.4, 0.5) is 0 Å². The van der Waals surface area contributed by atoms with Gasteiger partial charge in [0.2, 0.25) is 5.43 Å². The van der Waals surface area contributed by atoms with Crippen LogP contribution < -0.4 is 10.2 Å². The number of aromatic carboxylic acids is 1. The number of pyridine rings is 1. The molecule has 4 rings (SSSR count). The third-order valence-electron chi connectivity index (χ3n) is 4.87. The van der Waals surface area contributed by atoms with Crippen molar-refractivity contribution in [1.82, 2.24) is 9.47 Å². The fourth-order valence-electron chi connectivity index (χ4n) is 3.88. The Bertz CT molecular complexity index is 770. The number of methoxy groups -OCH3 is 1. The molecule has 3 heterocycles. The van der Waals surface area contributed by atoms with Gasteiger partial charge in [0.1, 0.15) is 5.56 Å². The molecule has 0 unspecified atom stereocenters. The number of fused-ring (bicyclic) bond motifs is 5. The Balaban J connectivity index is 1.89. The van der Waals surface area contributed by atoms with Crippen molar-refractivity contribution in [3.8, 4) is 5.75 Å². The lowest BCUT2D eigenvalue weighted by Gasteiger charge is -2.44. The van der Waals surface area contributed by atoms with Gasteiger partial charge in [-0.2, -0.15) is 0 Å². The van der Waals surface area contributed by atoms with E-state index >= 15 is 0 Å². The lowest BCUT2D eigenvalue weighted by molar-refractivity contribution is -0.132. The SMILES string of the molecule is COc1c2n(cc(C(=O)O)c1=O)C[C@H]1O[C@@H]3CC[C@@H](C3)N1C2=O. The summed E-state index contributed by atoms with van der Waals surface area (Å²) in [5.41, 5.74) is -1.08. The molecule has 0 aromatic carbocycles. The van der Waals surface area contributed by atoms with Crippen LogP contribution >= 0.6 is 0 Å². The summed E-state index contributed by atoms with van der Waals surface area (Å²) in [6.45, 7) is 0.297. The summed E-state index contributed by atoms with van der Waals surface area (Å²) in [5, 5.41) is 9.18. The van der Waals surface area contributed by atoms with Crippen LogP contribution in [0, 0.1) is 0 Å². The lowest BCUT2D eigenvalue weighted by atomic mass is 10.1. The first-order chi connectivity index (χ1) is 11.0. The molecule has 0 spiro atoms. The van der Waals surface area contributed by atoms with Crippen molar-refractivity contribution >= 4 is 11.9 Å². The molecule has 23 heavy (non-hydrogen) atoms. The highest BCUT2D eigenvalue weighted by molar-refractivity contribution is 5.98. The van der Waals surface area contributed by atoms with Crippen LogP contribution in [-0.4, -0.2) is 51.9 Å². The van der Waals surface area contributed by atoms with Crippen molar-refractivity contribution in [3.05, 3.63) is 27.7 Å². The average molecular weight is 320 g/mol. The van der Waals surface area contributed by atoms with Gasteiger partial charge < -0.3 is 24.0 Å². The van der Waals surface area contributed by atoms with Gasteiger partial charge in [0.15, 0.2) is 17.7 Å². The topological polar surface area (TPSA) is 98.1 Å². The van der Waals surface area contributed by atoms with E-state index < -0.39 is 23.2 Å². The molecule has 3 atom stereocenters. The van der Waals surface area contributed by atoms with Crippen LogP contribution in [0.25, 0.3) is 0 Å². The van der Waals surface area contributed by atoms with E-state index in [1.54, 1.807) is 4.90 Å². The fraction of sp³-hybridized carbons (Fsp3) is 0.533. The maximum atomic E-state index is 12.9. The number of carbonyl (C=O) groups is 2. The van der Waals surface area contributed by atoms with Crippen molar-refractivity contribution in [2.75, 3.05) is 7.11 Å². The molecule has 8 heteroatoms. The minimum absolute atomic E-state index is 0.104. The number of hydrogen-bond acceptors (Lipinski definition) is 5. The second-order valence-electron chi connectivity index (χ2n) is 6.10. The molecule has 2 fully saturated rings. The Labute approximate surface area is 131 Å². The number of amides is 1. The average Bonchev–Trinajstić information content (AvgIpc) is 2.88. The van der Waals surface area contributed by atoms with E-state index in [9.17, 15) is 19.5 Å². The molecule has 1 aliphatic carbocycles. The molecule has 8 nitrogen and oxygen atoms in total. The molecule has 3 aliphatic rings. The molecule has 1 N–H and O–H groups in total. The van der Waals surface area contributed by atoms with Gasteiger partial charge in [-0.25, -0.2) is 4.79 Å². The Hall–Kier alpha value is -2.35. The molecule has 1 saturated carbocycles. The van der Waals surface area contributed by atoms with Crippen molar-refractivity contribution in [2.45, 2.75) is 44.2 Å². The highest BCUT2D eigenvalue weighted by atomic mass is 16.5. The predicted molar refractivity (Wildman–Crippen MR) is 76.7 cm³/mol. The zero-order chi connectivity index (χ0) is 16.3. The Morgan fingerprint density at radius 2 is 2.17 bits per heavy atom. The number of carboxylic acid groups (broad SMARTS) is 1. The van der Waals surface area contributed by atoms with Crippen LogP contribution in [0.15, 0.2) is 11.0 Å². The lowest BCUT2D eigenvalue weighted by Crippen LogP contribution is -2.57. The van der Waals surface area contributed by atoms with Gasteiger partial charge in [0.25, 0.3) is 5.91 Å².